The molecule has 0 aliphatic carbocycles. The first-order chi connectivity index (χ1) is 13.0. The Bertz CT molecular complexity index is 1020. The molecule has 0 saturated heterocycles. The lowest BCUT2D eigenvalue weighted by molar-refractivity contribution is -0.136. The van der Waals surface area contributed by atoms with Gasteiger partial charge in [-0.2, -0.15) is 5.10 Å². The van der Waals surface area contributed by atoms with Crippen LogP contribution in [0.2, 0.25) is 0 Å². The number of aliphatic hydroxyl groups is 1. The van der Waals surface area contributed by atoms with Crippen molar-refractivity contribution in [3.05, 3.63) is 47.0 Å². The fourth-order valence-corrected chi connectivity index (χ4v) is 3.31. The Balaban J connectivity index is 1.51. The molecule has 0 radical (unpaired) electrons. The SMILES string of the molecule is O=C(O)CCc1cc2n(n1)CCN(C(=O)c1ccc3nc(CO)[nH]c3c1)C2. The van der Waals surface area contributed by atoms with E-state index < -0.39 is 5.97 Å². The number of rotatable bonds is 5. The molecule has 0 fully saturated rings. The molecule has 0 spiro atoms. The second kappa shape index (κ2) is 6.84. The Morgan fingerprint density at radius 1 is 1.22 bits per heavy atom. The molecule has 9 nitrogen and oxygen atoms in total. The van der Waals surface area contributed by atoms with Gasteiger partial charge in [0.2, 0.25) is 0 Å². The number of carbonyl (C=O) groups is 2. The summed E-state index contributed by atoms with van der Waals surface area (Å²) in [6, 6.07) is 7.11. The second-order valence-corrected chi connectivity index (χ2v) is 6.54. The number of H-pyrrole nitrogens is 1. The van der Waals surface area contributed by atoms with Gasteiger partial charge in [0, 0.05) is 18.5 Å². The smallest absolute Gasteiger partial charge is 0.303 e. The molecule has 3 N–H and O–H groups in total. The molecule has 1 aliphatic rings. The molecule has 1 amide bonds. The summed E-state index contributed by atoms with van der Waals surface area (Å²) in [5.41, 5.74) is 3.60. The lowest BCUT2D eigenvalue weighted by Crippen LogP contribution is -2.38. The number of carboxylic acid groups (broad SMARTS) is 1. The summed E-state index contributed by atoms with van der Waals surface area (Å²) < 4.78 is 1.84. The van der Waals surface area contributed by atoms with E-state index in [1.807, 2.05) is 10.7 Å². The van der Waals surface area contributed by atoms with Crippen molar-refractivity contribution >= 4 is 22.9 Å². The third-order valence-corrected chi connectivity index (χ3v) is 4.66. The maximum absolute atomic E-state index is 12.9. The number of hydrogen-bond donors (Lipinski definition) is 3. The van der Waals surface area contributed by atoms with Gasteiger partial charge >= 0.3 is 5.97 Å². The van der Waals surface area contributed by atoms with Crippen molar-refractivity contribution in [2.45, 2.75) is 32.5 Å². The van der Waals surface area contributed by atoms with Gasteiger partial charge in [0.05, 0.1) is 41.9 Å². The number of nitrogens with one attached hydrogen (secondary N) is 1. The van der Waals surface area contributed by atoms with E-state index in [-0.39, 0.29) is 18.9 Å². The van der Waals surface area contributed by atoms with Gasteiger partial charge in [0.25, 0.3) is 5.91 Å². The number of benzene rings is 1. The Kier molecular flexibility index (Phi) is 4.36. The summed E-state index contributed by atoms with van der Waals surface area (Å²) in [6.07, 6.45) is 0.423. The number of imidazole rings is 1. The number of aliphatic carboxylic acids is 1. The number of amides is 1. The van der Waals surface area contributed by atoms with E-state index in [1.54, 1.807) is 23.1 Å². The fraction of sp³-hybridized carbons (Fsp3) is 0.333. The Hall–Kier alpha value is -3.20. The van der Waals surface area contributed by atoms with Crippen LogP contribution in [0.3, 0.4) is 0 Å². The summed E-state index contributed by atoms with van der Waals surface area (Å²) >= 11 is 0. The van der Waals surface area contributed by atoms with Crippen LogP contribution >= 0.6 is 0 Å². The number of hydrogen-bond acceptors (Lipinski definition) is 5. The number of aliphatic hydroxyl groups excluding tert-OH is 1. The van der Waals surface area contributed by atoms with Gasteiger partial charge in [-0.25, -0.2) is 4.98 Å². The number of aryl methyl sites for hydroxylation is 1. The Morgan fingerprint density at radius 3 is 2.85 bits per heavy atom. The van der Waals surface area contributed by atoms with E-state index in [4.69, 9.17) is 5.11 Å². The summed E-state index contributed by atoms with van der Waals surface area (Å²) in [5.74, 6) is -0.474. The minimum atomic E-state index is -0.851. The molecule has 3 aromatic rings. The van der Waals surface area contributed by atoms with Crippen molar-refractivity contribution in [3.63, 3.8) is 0 Å². The van der Waals surface area contributed by atoms with Gasteiger partial charge in [-0.15, -0.1) is 0 Å². The predicted molar refractivity (Wildman–Crippen MR) is 94.9 cm³/mol. The van der Waals surface area contributed by atoms with Crippen LogP contribution in [0.4, 0.5) is 0 Å². The predicted octanol–water partition coefficient (Wildman–Crippen LogP) is 0.925. The molecule has 3 heterocycles. The highest BCUT2D eigenvalue weighted by atomic mass is 16.4. The first-order valence-electron chi connectivity index (χ1n) is 8.69. The minimum absolute atomic E-state index is 0.0408. The first-order valence-corrected chi connectivity index (χ1v) is 8.69. The quantitative estimate of drug-likeness (QED) is 0.614. The summed E-state index contributed by atoms with van der Waals surface area (Å²) in [6.45, 7) is 1.37. The lowest BCUT2D eigenvalue weighted by Gasteiger charge is -2.27. The van der Waals surface area contributed by atoms with Gasteiger partial charge in [0.1, 0.15) is 12.4 Å². The average Bonchev–Trinajstić information content (AvgIpc) is 3.27. The number of aromatic amines is 1. The Morgan fingerprint density at radius 2 is 2.07 bits per heavy atom. The van der Waals surface area contributed by atoms with Gasteiger partial charge < -0.3 is 20.1 Å². The largest absolute Gasteiger partial charge is 0.481 e. The van der Waals surface area contributed by atoms with Crippen LogP contribution in [0.1, 0.15) is 34.0 Å². The van der Waals surface area contributed by atoms with Gasteiger partial charge in [-0.3, -0.25) is 14.3 Å². The van der Waals surface area contributed by atoms with Crippen molar-refractivity contribution in [1.29, 1.82) is 0 Å². The molecule has 4 rings (SSSR count). The summed E-state index contributed by atoms with van der Waals surface area (Å²) in [5, 5.41) is 22.4. The van der Waals surface area contributed by atoms with Crippen molar-refractivity contribution in [2.24, 2.45) is 0 Å². The van der Waals surface area contributed by atoms with E-state index in [9.17, 15) is 14.7 Å². The van der Waals surface area contributed by atoms with E-state index in [1.165, 1.54) is 0 Å². The summed E-state index contributed by atoms with van der Waals surface area (Å²) in [7, 11) is 0. The number of nitrogens with zero attached hydrogens (tertiary/aromatic N) is 4. The molecule has 0 unspecified atom stereocenters. The lowest BCUT2D eigenvalue weighted by atomic mass is 10.1. The van der Waals surface area contributed by atoms with E-state index >= 15 is 0 Å². The molecule has 0 saturated carbocycles. The number of carboxylic acids is 1. The molecular formula is C18H19N5O4. The number of carbonyl (C=O) groups excluding carboxylic acids is 1. The van der Waals surface area contributed by atoms with Crippen molar-refractivity contribution in [1.82, 2.24) is 24.6 Å². The van der Waals surface area contributed by atoms with Gasteiger partial charge in [-0.1, -0.05) is 0 Å². The average molecular weight is 369 g/mol. The molecule has 9 heteroatoms. The third-order valence-electron chi connectivity index (χ3n) is 4.66. The monoisotopic (exact) mass is 369 g/mol. The van der Waals surface area contributed by atoms with Crippen LogP contribution in [-0.4, -0.2) is 53.3 Å². The number of fused-ring (bicyclic) bond motifs is 2. The van der Waals surface area contributed by atoms with Crippen LogP contribution in [0.15, 0.2) is 24.3 Å². The van der Waals surface area contributed by atoms with Crippen LogP contribution in [-0.2, 0) is 30.9 Å². The molecule has 27 heavy (non-hydrogen) atoms. The third kappa shape index (κ3) is 3.41. The molecule has 1 aliphatic heterocycles. The van der Waals surface area contributed by atoms with Crippen LogP contribution in [0.5, 0.6) is 0 Å². The van der Waals surface area contributed by atoms with E-state index in [0.29, 0.717) is 48.5 Å². The standard InChI is InChI=1S/C18H19N5O4/c24-10-16-19-14-3-1-11(7-15(14)20-16)18(27)22-5-6-23-13(9-22)8-12(21-23)2-4-17(25)26/h1,3,7-8,24H,2,4-6,9-10H2,(H,19,20)(H,25,26). The molecule has 0 bridgehead atoms. The van der Waals surface area contributed by atoms with Gasteiger partial charge in [-0.05, 0) is 24.3 Å². The van der Waals surface area contributed by atoms with Crippen LogP contribution < -0.4 is 0 Å². The van der Waals surface area contributed by atoms with E-state index in [2.05, 4.69) is 15.1 Å². The van der Waals surface area contributed by atoms with Crippen molar-refractivity contribution in [3.8, 4) is 0 Å². The normalized spacial score (nSPS) is 13.7. The fourth-order valence-electron chi connectivity index (χ4n) is 3.31. The maximum atomic E-state index is 12.9. The van der Waals surface area contributed by atoms with Gasteiger partial charge in [0.15, 0.2) is 0 Å². The topological polar surface area (TPSA) is 124 Å². The molecule has 1 aromatic carbocycles. The highest BCUT2D eigenvalue weighted by Gasteiger charge is 2.23. The zero-order valence-electron chi connectivity index (χ0n) is 14.6. The highest BCUT2D eigenvalue weighted by molar-refractivity contribution is 5.97. The molecule has 140 valence electrons. The molecule has 2 aromatic heterocycles. The van der Waals surface area contributed by atoms with Crippen LogP contribution in [0, 0.1) is 0 Å². The van der Waals surface area contributed by atoms with Crippen molar-refractivity contribution in [2.75, 3.05) is 6.54 Å². The minimum Gasteiger partial charge on any atom is -0.481 e. The highest BCUT2D eigenvalue weighted by Crippen LogP contribution is 2.19. The molecular weight excluding hydrogens is 350 g/mol. The van der Waals surface area contributed by atoms with Crippen molar-refractivity contribution < 1.29 is 19.8 Å². The second-order valence-electron chi connectivity index (χ2n) is 6.54. The summed E-state index contributed by atoms with van der Waals surface area (Å²) in [4.78, 5) is 32.6. The first kappa shape index (κ1) is 17.2. The Labute approximate surface area is 154 Å². The van der Waals surface area contributed by atoms with Crippen LogP contribution in [0.25, 0.3) is 11.0 Å². The van der Waals surface area contributed by atoms with E-state index in [0.717, 1.165) is 11.4 Å². The number of aromatic nitrogens is 4. The molecule has 0 atom stereocenters. The maximum Gasteiger partial charge on any atom is 0.303 e. The zero-order valence-corrected chi connectivity index (χ0v) is 14.6. The zero-order chi connectivity index (χ0) is 19.0.